The molecule has 0 unspecified atom stereocenters. The Morgan fingerprint density at radius 3 is 2.20 bits per heavy atom. The molecule has 3 nitrogen and oxygen atoms in total. The quantitative estimate of drug-likeness (QED) is 0.433. The van der Waals surface area contributed by atoms with Crippen LogP contribution in [0.2, 0.25) is 0 Å². The van der Waals surface area contributed by atoms with Gasteiger partial charge in [-0.1, -0.05) is 25.0 Å². The number of allylic oxidation sites excluding steroid dienone is 2. The van der Waals surface area contributed by atoms with E-state index in [0.29, 0.717) is 0 Å². The van der Waals surface area contributed by atoms with Gasteiger partial charge in [0.2, 0.25) is 0 Å². The van der Waals surface area contributed by atoms with E-state index in [0.717, 1.165) is 32.2 Å². The van der Waals surface area contributed by atoms with Crippen LogP contribution in [0, 0.1) is 0 Å². The summed E-state index contributed by atoms with van der Waals surface area (Å²) in [6.07, 6.45) is 12.1. The molecule has 3 heteroatoms. The molecule has 0 aromatic rings. The number of aliphatic carboxylic acids is 1. The largest absolute Gasteiger partial charge is 0.481 e. The molecular formula is C12H23NO2. The summed E-state index contributed by atoms with van der Waals surface area (Å²) in [7, 11) is 0. The zero-order valence-corrected chi connectivity index (χ0v) is 9.45. The lowest BCUT2D eigenvalue weighted by Crippen LogP contribution is -1.97. The monoisotopic (exact) mass is 213 g/mol. The summed E-state index contributed by atoms with van der Waals surface area (Å²) in [6, 6.07) is 0. The predicted octanol–water partition coefficient (Wildman–Crippen LogP) is 2.71. The standard InChI is InChI=1S/C12H23NO2/c13-11-9-7-5-3-1-2-4-6-8-10-12(14)15/h2,4H,1,3,5-11,13H2,(H,14,15). The van der Waals surface area contributed by atoms with E-state index in [1.165, 1.54) is 19.3 Å². The fourth-order valence-electron chi connectivity index (χ4n) is 1.37. The summed E-state index contributed by atoms with van der Waals surface area (Å²) in [5, 5.41) is 8.40. The molecule has 0 radical (unpaired) electrons. The lowest BCUT2D eigenvalue weighted by molar-refractivity contribution is -0.137. The fraction of sp³-hybridized carbons (Fsp3) is 0.750. The number of nitrogens with two attached hydrogens (primary N) is 1. The highest BCUT2D eigenvalue weighted by Crippen LogP contribution is 2.04. The van der Waals surface area contributed by atoms with Gasteiger partial charge < -0.3 is 10.8 Å². The zero-order chi connectivity index (χ0) is 11.4. The second-order valence-electron chi connectivity index (χ2n) is 3.75. The van der Waals surface area contributed by atoms with Gasteiger partial charge in [0.25, 0.3) is 0 Å². The molecule has 0 aliphatic carbocycles. The Balaban J connectivity index is 3.07. The number of unbranched alkanes of at least 4 members (excludes halogenated alkanes) is 5. The van der Waals surface area contributed by atoms with E-state index in [9.17, 15) is 4.79 Å². The van der Waals surface area contributed by atoms with Gasteiger partial charge in [-0.25, -0.2) is 0 Å². The molecule has 0 spiro atoms. The molecule has 0 saturated carbocycles. The average Bonchev–Trinajstić information content (AvgIpc) is 2.20. The van der Waals surface area contributed by atoms with E-state index in [-0.39, 0.29) is 6.42 Å². The average molecular weight is 213 g/mol. The van der Waals surface area contributed by atoms with Crippen LogP contribution >= 0.6 is 0 Å². The van der Waals surface area contributed by atoms with Crippen molar-refractivity contribution in [3.63, 3.8) is 0 Å². The number of carboxylic acids is 1. The molecule has 0 atom stereocenters. The van der Waals surface area contributed by atoms with Crippen molar-refractivity contribution in [1.29, 1.82) is 0 Å². The number of carbonyl (C=O) groups is 1. The van der Waals surface area contributed by atoms with Gasteiger partial charge in [-0.05, 0) is 38.6 Å². The second-order valence-corrected chi connectivity index (χ2v) is 3.75. The Morgan fingerprint density at radius 2 is 1.60 bits per heavy atom. The molecule has 0 heterocycles. The van der Waals surface area contributed by atoms with E-state index in [1.807, 2.05) is 0 Å². The van der Waals surface area contributed by atoms with Crippen molar-refractivity contribution in [2.45, 2.75) is 51.4 Å². The highest BCUT2D eigenvalue weighted by molar-refractivity contribution is 5.66. The predicted molar refractivity (Wildman–Crippen MR) is 62.8 cm³/mol. The number of hydrogen-bond donors (Lipinski definition) is 2. The van der Waals surface area contributed by atoms with Crippen molar-refractivity contribution in [2.75, 3.05) is 6.54 Å². The fourth-order valence-corrected chi connectivity index (χ4v) is 1.37. The maximum Gasteiger partial charge on any atom is 0.303 e. The third kappa shape index (κ3) is 13.2. The van der Waals surface area contributed by atoms with Crippen molar-refractivity contribution < 1.29 is 9.90 Å². The first-order valence-corrected chi connectivity index (χ1v) is 5.84. The van der Waals surface area contributed by atoms with Gasteiger partial charge in [0.05, 0.1) is 0 Å². The molecule has 0 fully saturated rings. The summed E-state index contributed by atoms with van der Waals surface area (Å²) in [5.74, 6) is -0.704. The van der Waals surface area contributed by atoms with E-state index < -0.39 is 5.97 Å². The zero-order valence-electron chi connectivity index (χ0n) is 9.45. The second kappa shape index (κ2) is 11.2. The van der Waals surface area contributed by atoms with Gasteiger partial charge in [0.1, 0.15) is 0 Å². The normalized spacial score (nSPS) is 11.0. The minimum Gasteiger partial charge on any atom is -0.481 e. The highest BCUT2D eigenvalue weighted by atomic mass is 16.4. The number of carboxylic acid groups (broad SMARTS) is 1. The van der Waals surface area contributed by atoms with Crippen molar-refractivity contribution in [3.8, 4) is 0 Å². The minimum atomic E-state index is -0.704. The van der Waals surface area contributed by atoms with E-state index >= 15 is 0 Å². The smallest absolute Gasteiger partial charge is 0.303 e. The van der Waals surface area contributed by atoms with Gasteiger partial charge in [0.15, 0.2) is 0 Å². The number of rotatable bonds is 10. The molecular weight excluding hydrogens is 190 g/mol. The van der Waals surface area contributed by atoms with Gasteiger partial charge in [-0.2, -0.15) is 0 Å². The van der Waals surface area contributed by atoms with Crippen LogP contribution in [-0.2, 0) is 4.79 Å². The van der Waals surface area contributed by atoms with Crippen molar-refractivity contribution in [2.24, 2.45) is 5.73 Å². The van der Waals surface area contributed by atoms with Crippen LogP contribution in [0.25, 0.3) is 0 Å². The van der Waals surface area contributed by atoms with Gasteiger partial charge in [-0.15, -0.1) is 0 Å². The third-order valence-electron chi connectivity index (χ3n) is 2.25. The number of hydrogen-bond acceptors (Lipinski definition) is 2. The molecule has 0 amide bonds. The Labute approximate surface area is 92.4 Å². The molecule has 0 aromatic heterocycles. The molecule has 3 N–H and O–H groups in total. The summed E-state index contributed by atoms with van der Waals surface area (Å²) in [6.45, 7) is 0.797. The van der Waals surface area contributed by atoms with Crippen LogP contribution in [-0.4, -0.2) is 17.6 Å². The minimum absolute atomic E-state index is 0.279. The lowest BCUT2D eigenvalue weighted by atomic mass is 10.1. The maximum absolute atomic E-state index is 10.2. The van der Waals surface area contributed by atoms with Gasteiger partial charge in [0, 0.05) is 6.42 Å². The third-order valence-corrected chi connectivity index (χ3v) is 2.25. The SMILES string of the molecule is NCCCCCCC=CCCCC(=O)O. The molecule has 0 saturated heterocycles. The van der Waals surface area contributed by atoms with Crippen molar-refractivity contribution >= 4 is 5.97 Å². The van der Waals surface area contributed by atoms with Crippen LogP contribution in [0.4, 0.5) is 0 Å². The summed E-state index contributed by atoms with van der Waals surface area (Å²) >= 11 is 0. The lowest BCUT2D eigenvalue weighted by Gasteiger charge is -1.96. The first-order chi connectivity index (χ1) is 7.27. The summed E-state index contributed by atoms with van der Waals surface area (Å²) in [4.78, 5) is 10.2. The first kappa shape index (κ1) is 14.2. The molecule has 0 bridgehead atoms. The Bertz CT molecular complexity index is 178. The van der Waals surface area contributed by atoms with Crippen LogP contribution in [0.3, 0.4) is 0 Å². The van der Waals surface area contributed by atoms with Gasteiger partial charge >= 0.3 is 5.97 Å². The molecule has 0 aliphatic rings. The van der Waals surface area contributed by atoms with Crippen molar-refractivity contribution in [3.05, 3.63) is 12.2 Å². The van der Waals surface area contributed by atoms with E-state index in [2.05, 4.69) is 12.2 Å². The molecule has 88 valence electrons. The van der Waals surface area contributed by atoms with Crippen LogP contribution in [0.5, 0.6) is 0 Å². The highest BCUT2D eigenvalue weighted by Gasteiger charge is 1.93. The Morgan fingerprint density at radius 1 is 1.00 bits per heavy atom. The first-order valence-electron chi connectivity index (χ1n) is 5.84. The van der Waals surface area contributed by atoms with E-state index in [4.69, 9.17) is 10.8 Å². The molecule has 0 aromatic carbocycles. The van der Waals surface area contributed by atoms with Crippen LogP contribution in [0.1, 0.15) is 51.4 Å². The van der Waals surface area contributed by atoms with Gasteiger partial charge in [-0.3, -0.25) is 4.79 Å². The van der Waals surface area contributed by atoms with Crippen LogP contribution in [0.15, 0.2) is 12.2 Å². The molecule has 0 aliphatic heterocycles. The van der Waals surface area contributed by atoms with Crippen LogP contribution < -0.4 is 5.73 Å². The topological polar surface area (TPSA) is 63.3 Å². The molecule has 15 heavy (non-hydrogen) atoms. The maximum atomic E-state index is 10.2. The van der Waals surface area contributed by atoms with E-state index in [1.54, 1.807) is 0 Å². The summed E-state index contributed by atoms with van der Waals surface area (Å²) < 4.78 is 0. The summed E-state index contributed by atoms with van der Waals surface area (Å²) in [5.41, 5.74) is 5.39. The van der Waals surface area contributed by atoms with Crippen molar-refractivity contribution in [1.82, 2.24) is 0 Å². The Hall–Kier alpha value is -0.830. The molecule has 0 rings (SSSR count). The Kier molecular flexibility index (Phi) is 10.6.